The summed E-state index contributed by atoms with van der Waals surface area (Å²) in [6.45, 7) is 18.9. The highest BCUT2D eigenvalue weighted by Crippen LogP contribution is 2.37. The minimum atomic E-state index is 0.626. The number of benzene rings is 2. The largest absolute Gasteiger partial charge is 0.496 e. The quantitative estimate of drug-likeness (QED) is 0.390. The highest BCUT2D eigenvalue weighted by molar-refractivity contribution is 6.01. The number of nitriles is 1. The maximum atomic E-state index is 9.07. The third-order valence-electron chi connectivity index (χ3n) is 4.84. The van der Waals surface area contributed by atoms with Crippen LogP contribution in [0, 0.1) is 18.3 Å². The van der Waals surface area contributed by atoms with E-state index >= 15 is 0 Å². The second-order valence-corrected chi connectivity index (χ2v) is 6.69. The van der Waals surface area contributed by atoms with E-state index in [0.717, 1.165) is 44.6 Å². The summed E-state index contributed by atoms with van der Waals surface area (Å²) in [6.07, 6.45) is 3.72. The fourth-order valence-electron chi connectivity index (χ4n) is 3.33. The lowest BCUT2D eigenvalue weighted by atomic mass is 9.93. The normalized spacial score (nSPS) is 9.44. The summed E-state index contributed by atoms with van der Waals surface area (Å²) in [7, 11) is 3.67. The van der Waals surface area contributed by atoms with Gasteiger partial charge in [0.15, 0.2) is 0 Å². The van der Waals surface area contributed by atoms with Gasteiger partial charge in [0.05, 0.1) is 36.1 Å². The Bertz CT molecular complexity index is 1090. The van der Waals surface area contributed by atoms with Gasteiger partial charge in [-0.1, -0.05) is 52.5 Å². The lowest BCUT2D eigenvalue weighted by Crippen LogP contribution is -2.18. The van der Waals surface area contributed by atoms with Crippen LogP contribution < -0.4 is 9.64 Å². The number of aryl methyl sites for hydroxylation is 1. The smallest absolute Gasteiger partial charge is 0.123 e. The Kier molecular flexibility index (Phi) is 10.7. The van der Waals surface area contributed by atoms with Crippen LogP contribution in [-0.2, 0) is 0 Å². The molecule has 0 fully saturated rings. The average Bonchev–Trinajstić information content (AvgIpc) is 2.85. The second-order valence-electron chi connectivity index (χ2n) is 6.69. The van der Waals surface area contributed by atoms with E-state index in [0.29, 0.717) is 12.1 Å². The van der Waals surface area contributed by atoms with Crippen LogP contribution in [0.5, 0.6) is 5.75 Å². The average molecular weight is 430 g/mol. The number of hydrogen-bond donors (Lipinski definition) is 0. The molecule has 1 aromatic heterocycles. The van der Waals surface area contributed by atoms with Gasteiger partial charge in [-0.05, 0) is 41.8 Å². The molecule has 0 saturated carbocycles. The molecule has 3 aromatic rings. The zero-order valence-corrected chi connectivity index (χ0v) is 20.5. The SMILES string of the molecule is C=CCN(C)c1cnc2cc(OC)c(C)cc2c1C(=C)c1ccc(C#N)cc1.CC.CC. The molecule has 4 heteroatoms. The molecule has 0 atom stereocenters. The van der Waals surface area contributed by atoms with Crippen LogP contribution in [0.15, 0.2) is 61.8 Å². The van der Waals surface area contributed by atoms with E-state index in [1.807, 2.05) is 84.3 Å². The Morgan fingerprint density at radius 1 is 1.16 bits per heavy atom. The van der Waals surface area contributed by atoms with Crippen LogP contribution in [-0.4, -0.2) is 25.7 Å². The Morgan fingerprint density at radius 2 is 1.78 bits per heavy atom. The molecule has 0 bridgehead atoms. The number of nitrogens with zero attached hydrogens (tertiary/aromatic N) is 3. The van der Waals surface area contributed by atoms with E-state index in [9.17, 15) is 0 Å². The molecule has 168 valence electrons. The van der Waals surface area contributed by atoms with Gasteiger partial charge in [0.1, 0.15) is 5.75 Å². The fourth-order valence-corrected chi connectivity index (χ4v) is 3.33. The summed E-state index contributed by atoms with van der Waals surface area (Å²) < 4.78 is 5.46. The Morgan fingerprint density at radius 3 is 2.31 bits per heavy atom. The first-order valence-electron chi connectivity index (χ1n) is 11.0. The van der Waals surface area contributed by atoms with Gasteiger partial charge in [0, 0.05) is 30.6 Å². The fraction of sp³-hybridized carbons (Fsp3) is 0.286. The summed E-state index contributed by atoms with van der Waals surface area (Å²) >= 11 is 0. The zero-order chi connectivity index (χ0) is 24.3. The molecular weight excluding hydrogens is 394 g/mol. The Hall–Kier alpha value is -3.58. The summed E-state index contributed by atoms with van der Waals surface area (Å²) in [5.41, 5.74) is 6.36. The molecule has 0 aliphatic rings. The topological polar surface area (TPSA) is 49.2 Å². The lowest BCUT2D eigenvalue weighted by molar-refractivity contribution is 0.412. The molecule has 3 rings (SSSR count). The van der Waals surface area contributed by atoms with E-state index in [4.69, 9.17) is 10.00 Å². The second kappa shape index (κ2) is 13.0. The minimum Gasteiger partial charge on any atom is -0.496 e. The van der Waals surface area contributed by atoms with Crippen molar-refractivity contribution < 1.29 is 4.74 Å². The molecule has 1 heterocycles. The van der Waals surface area contributed by atoms with Crippen molar-refractivity contribution in [3.05, 3.63) is 84.1 Å². The van der Waals surface area contributed by atoms with E-state index in [1.165, 1.54) is 0 Å². The standard InChI is InChI=1S/C24H23N3O.2C2H6/c1-6-11-27(4)22-15-26-21-13-23(28-5)16(2)12-20(21)24(22)17(3)19-9-7-18(14-25)8-10-19;2*1-2/h6-10,12-13,15H,1,3,11H2,2,4-5H3;2*1-2H3. The van der Waals surface area contributed by atoms with Crippen LogP contribution in [0.3, 0.4) is 0 Å². The third kappa shape index (κ3) is 5.76. The van der Waals surface area contributed by atoms with Gasteiger partial charge < -0.3 is 9.64 Å². The third-order valence-corrected chi connectivity index (χ3v) is 4.84. The number of methoxy groups -OCH3 is 1. The maximum absolute atomic E-state index is 9.07. The minimum absolute atomic E-state index is 0.626. The molecule has 0 N–H and O–H groups in total. The highest BCUT2D eigenvalue weighted by atomic mass is 16.5. The predicted molar refractivity (Wildman–Crippen MR) is 138 cm³/mol. The van der Waals surface area contributed by atoms with Crippen molar-refractivity contribution in [1.82, 2.24) is 4.98 Å². The zero-order valence-electron chi connectivity index (χ0n) is 20.5. The first-order valence-corrected chi connectivity index (χ1v) is 11.0. The van der Waals surface area contributed by atoms with Gasteiger partial charge in [-0.25, -0.2) is 0 Å². The summed E-state index contributed by atoms with van der Waals surface area (Å²) in [6, 6.07) is 13.7. The van der Waals surface area contributed by atoms with Gasteiger partial charge in [-0.2, -0.15) is 5.26 Å². The van der Waals surface area contributed by atoms with E-state index in [1.54, 1.807) is 7.11 Å². The number of hydrogen-bond acceptors (Lipinski definition) is 4. The van der Waals surface area contributed by atoms with Crippen molar-refractivity contribution in [3.63, 3.8) is 0 Å². The summed E-state index contributed by atoms with van der Waals surface area (Å²) in [4.78, 5) is 6.76. The monoisotopic (exact) mass is 429 g/mol. The van der Waals surface area contributed by atoms with Gasteiger partial charge >= 0.3 is 0 Å². The highest BCUT2D eigenvalue weighted by Gasteiger charge is 2.17. The number of ether oxygens (including phenoxy) is 1. The first kappa shape index (κ1) is 26.5. The van der Waals surface area contributed by atoms with E-state index < -0.39 is 0 Å². The van der Waals surface area contributed by atoms with Crippen molar-refractivity contribution in [1.29, 1.82) is 5.26 Å². The number of aromatic nitrogens is 1. The van der Waals surface area contributed by atoms with Crippen LogP contribution in [0.2, 0.25) is 0 Å². The van der Waals surface area contributed by atoms with Crippen molar-refractivity contribution in [2.45, 2.75) is 34.6 Å². The van der Waals surface area contributed by atoms with Gasteiger partial charge in [-0.3, -0.25) is 4.98 Å². The van der Waals surface area contributed by atoms with E-state index in [2.05, 4.69) is 35.2 Å². The molecule has 0 radical (unpaired) electrons. The molecular formula is C28H35N3O. The van der Waals surface area contributed by atoms with Crippen molar-refractivity contribution in [3.8, 4) is 11.8 Å². The molecule has 32 heavy (non-hydrogen) atoms. The molecule has 0 aliphatic heterocycles. The van der Waals surface area contributed by atoms with Crippen molar-refractivity contribution in [2.24, 2.45) is 0 Å². The van der Waals surface area contributed by atoms with Gasteiger partial charge in [0.2, 0.25) is 0 Å². The molecule has 0 aliphatic carbocycles. The first-order chi connectivity index (χ1) is 15.5. The van der Waals surface area contributed by atoms with Crippen LogP contribution >= 0.6 is 0 Å². The molecule has 4 nitrogen and oxygen atoms in total. The number of likely N-dealkylation sites (N-methyl/N-ethyl adjacent to an activating group) is 1. The maximum Gasteiger partial charge on any atom is 0.123 e. The molecule has 2 aromatic carbocycles. The van der Waals surface area contributed by atoms with Crippen molar-refractivity contribution in [2.75, 3.05) is 25.6 Å². The summed E-state index contributed by atoms with van der Waals surface area (Å²) in [5, 5.41) is 10.1. The lowest BCUT2D eigenvalue weighted by Gasteiger charge is -2.23. The molecule has 0 amide bonds. The van der Waals surface area contributed by atoms with Gasteiger partial charge in [-0.15, -0.1) is 6.58 Å². The van der Waals surface area contributed by atoms with E-state index in [-0.39, 0.29) is 0 Å². The van der Waals surface area contributed by atoms with Crippen LogP contribution in [0.25, 0.3) is 16.5 Å². The molecule has 0 spiro atoms. The van der Waals surface area contributed by atoms with Crippen molar-refractivity contribution >= 4 is 22.2 Å². The van der Waals surface area contributed by atoms with Crippen LogP contribution in [0.4, 0.5) is 5.69 Å². The Labute approximate surface area is 193 Å². The number of fused-ring (bicyclic) bond motifs is 1. The summed E-state index contributed by atoms with van der Waals surface area (Å²) in [5.74, 6) is 0.808. The van der Waals surface area contributed by atoms with Crippen LogP contribution in [0.1, 0.15) is 49.9 Å². The number of anilines is 1. The number of rotatable bonds is 6. The molecule has 0 unspecified atom stereocenters. The van der Waals surface area contributed by atoms with Gasteiger partial charge in [0.25, 0.3) is 0 Å². The molecule has 0 saturated heterocycles. The predicted octanol–water partition coefficient (Wildman–Crippen LogP) is 7.16. The Balaban J connectivity index is 0.00000121. The number of pyridine rings is 1.